The molecule has 0 unspecified atom stereocenters. The van der Waals surface area contributed by atoms with E-state index in [1.807, 2.05) is 0 Å². The molecule has 1 saturated heterocycles. The molecular formula is C15H19FN6O2. The SMILES string of the molecule is C[C@H]1CN(c2cc(F)c(-n3cc(C(=O)O)nn3)cc2N)CCN1C. The van der Waals surface area contributed by atoms with E-state index < -0.39 is 11.8 Å². The highest BCUT2D eigenvalue weighted by Crippen LogP contribution is 2.30. The van der Waals surface area contributed by atoms with Crippen LogP contribution >= 0.6 is 0 Å². The Bertz CT molecular complexity index is 777. The van der Waals surface area contributed by atoms with Crippen molar-refractivity contribution in [3.63, 3.8) is 0 Å². The van der Waals surface area contributed by atoms with Crippen molar-refractivity contribution in [3.05, 3.63) is 29.8 Å². The van der Waals surface area contributed by atoms with E-state index in [2.05, 4.69) is 34.1 Å². The van der Waals surface area contributed by atoms with Crippen LogP contribution in [0.25, 0.3) is 5.69 Å². The van der Waals surface area contributed by atoms with Gasteiger partial charge in [-0.25, -0.2) is 13.9 Å². The molecule has 3 rings (SSSR count). The van der Waals surface area contributed by atoms with Crippen LogP contribution in [0.1, 0.15) is 17.4 Å². The first-order valence-corrected chi connectivity index (χ1v) is 7.57. The van der Waals surface area contributed by atoms with E-state index in [4.69, 9.17) is 10.8 Å². The zero-order chi connectivity index (χ0) is 17.4. The zero-order valence-electron chi connectivity index (χ0n) is 13.5. The summed E-state index contributed by atoms with van der Waals surface area (Å²) in [6.07, 6.45) is 1.15. The van der Waals surface area contributed by atoms with Gasteiger partial charge in [-0.2, -0.15) is 0 Å². The first kappa shape index (κ1) is 16.2. The fourth-order valence-corrected chi connectivity index (χ4v) is 2.76. The van der Waals surface area contributed by atoms with Crippen LogP contribution in [0.15, 0.2) is 18.3 Å². The summed E-state index contributed by atoms with van der Waals surface area (Å²) in [4.78, 5) is 15.2. The van der Waals surface area contributed by atoms with E-state index in [0.29, 0.717) is 17.4 Å². The van der Waals surface area contributed by atoms with Crippen LogP contribution in [0, 0.1) is 5.82 Å². The molecule has 0 bridgehead atoms. The standard InChI is InChI=1S/C15H19FN6O2/c1-9-7-21(4-3-20(9)2)14-5-10(16)13(6-11(14)17)22-8-12(15(23)24)18-19-22/h5-6,8-9H,3-4,7,17H2,1-2H3,(H,23,24)/t9-/m0/s1. The number of anilines is 2. The van der Waals surface area contributed by atoms with Crippen molar-refractivity contribution >= 4 is 17.3 Å². The van der Waals surface area contributed by atoms with Crippen molar-refractivity contribution in [1.29, 1.82) is 0 Å². The van der Waals surface area contributed by atoms with Crippen molar-refractivity contribution in [2.75, 3.05) is 37.3 Å². The van der Waals surface area contributed by atoms with Crippen LogP contribution < -0.4 is 10.6 Å². The molecule has 0 saturated carbocycles. The highest BCUT2D eigenvalue weighted by atomic mass is 19.1. The molecule has 1 atom stereocenters. The second kappa shape index (κ2) is 6.08. The fraction of sp³-hybridized carbons (Fsp3) is 0.400. The van der Waals surface area contributed by atoms with Crippen LogP contribution in [0.2, 0.25) is 0 Å². The topological polar surface area (TPSA) is 101 Å². The molecule has 128 valence electrons. The Morgan fingerprint density at radius 3 is 2.75 bits per heavy atom. The first-order valence-electron chi connectivity index (χ1n) is 7.57. The Kier molecular flexibility index (Phi) is 4.10. The lowest BCUT2D eigenvalue weighted by Crippen LogP contribution is -2.50. The van der Waals surface area contributed by atoms with Gasteiger partial charge in [0, 0.05) is 31.7 Å². The first-order chi connectivity index (χ1) is 11.4. The number of piperazine rings is 1. The summed E-state index contributed by atoms with van der Waals surface area (Å²) in [5.41, 5.74) is 6.96. The third-order valence-electron chi connectivity index (χ3n) is 4.36. The van der Waals surface area contributed by atoms with Crippen LogP contribution in [0.5, 0.6) is 0 Å². The van der Waals surface area contributed by atoms with Gasteiger partial charge < -0.3 is 20.6 Å². The van der Waals surface area contributed by atoms with Crippen LogP contribution in [0.3, 0.4) is 0 Å². The number of aromatic carboxylic acids is 1. The van der Waals surface area contributed by atoms with Crippen molar-refractivity contribution in [2.45, 2.75) is 13.0 Å². The van der Waals surface area contributed by atoms with Crippen LogP contribution in [-0.2, 0) is 0 Å². The molecule has 2 aromatic rings. The monoisotopic (exact) mass is 334 g/mol. The summed E-state index contributed by atoms with van der Waals surface area (Å²) in [6.45, 7) is 4.49. The predicted molar refractivity (Wildman–Crippen MR) is 87.0 cm³/mol. The summed E-state index contributed by atoms with van der Waals surface area (Å²) in [6, 6.07) is 3.16. The molecule has 0 amide bonds. The number of nitrogen functional groups attached to an aromatic ring is 1. The second-order valence-electron chi connectivity index (χ2n) is 5.99. The molecule has 1 aliphatic heterocycles. The normalized spacial score (nSPS) is 18.8. The predicted octanol–water partition coefficient (Wildman–Crippen LogP) is 0.827. The lowest BCUT2D eigenvalue weighted by Gasteiger charge is -2.39. The van der Waals surface area contributed by atoms with E-state index >= 15 is 0 Å². The summed E-state index contributed by atoms with van der Waals surface area (Å²) >= 11 is 0. The molecule has 9 heteroatoms. The van der Waals surface area contributed by atoms with Gasteiger partial charge >= 0.3 is 5.97 Å². The molecule has 1 fully saturated rings. The minimum Gasteiger partial charge on any atom is -0.476 e. The molecular weight excluding hydrogens is 315 g/mol. The van der Waals surface area contributed by atoms with E-state index in [-0.39, 0.29) is 11.4 Å². The number of carboxylic acid groups (broad SMARTS) is 1. The number of rotatable bonds is 3. The highest BCUT2D eigenvalue weighted by Gasteiger charge is 2.23. The number of hydrogen-bond donors (Lipinski definition) is 2. The molecule has 2 heterocycles. The molecule has 1 aromatic heterocycles. The average molecular weight is 334 g/mol. The van der Waals surface area contributed by atoms with E-state index in [1.54, 1.807) is 0 Å². The number of benzene rings is 1. The Hall–Kier alpha value is -2.68. The second-order valence-corrected chi connectivity index (χ2v) is 5.99. The number of nitrogens with zero attached hydrogens (tertiary/aromatic N) is 5. The number of aromatic nitrogens is 3. The molecule has 1 aromatic carbocycles. The minimum absolute atomic E-state index is 0.0680. The maximum atomic E-state index is 14.5. The van der Waals surface area contributed by atoms with Crippen LogP contribution in [0.4, 0.5) is 15.8 Å². The number of carboxylic acids is 1. The smallest absolute Gasteiger partial charge is 0.358 e. The van der Waals surface area contributed by atoms with Gasteiger partial charge in [0.15, 0.2) is 11.5 Å². The van der Waals surface area contributed by atoms with Gasteiger partial charge in [-0.15, -0.1) is 5.10 Å². The average Bonchev–Trinajstić information content (AvgIpc) is 3.02. The van der Waals surface area contributed by atoms with Gasteiger partial charge in [0.2, 0.25) is 0 Å². The van der Waals surface area contributed by atoms with Gasteiger partial charge in [-0.05, 0) is 20.0 Å². The lowest BCUT2D eigenvalue weighted by atomic mass is 10.1. The third kappa shape index (κ3) is 2.90. The summed E-state index contributed by atoms with van der Waals surface area (Å²) in [5.74, 6) is -1.76. The van der Waals surface area contributed by atoms with E-state index in [0.717, 1.165) is 30.5 Å². The van der Waals surface area contributed by atoms with Gasteiger partial charge in [-0.3, -0.25) is 0 Å². The van der Waals surface area contributed by atoms with Gasteiger partial charge in [0.05, 0.1) is 17.6 Å². The van der Waals surface area contributed by atoms with Crippen LogP contribution in [-0.4, -0.2) is 63.7 Å². The number of hydrogen-bond acceptors (Lipinski definition) is 6. The molecule has 0 spiro atoms. The van der Waals surface area contributed by atoms with Crippen molar-refractivity contribution < 1.29 is 14.3 Å². The number of carbonyl (C=O) groups is 1. The van der Waals surface area contributed by atoms with Gasteiger partial charge in [0.1, 0.15) is 5.69 Å². The number of nitrogens with two attached hydrogens (primary N) is 1. The molecule has 3 N–H and O–H groups in total. The number of likely N-dealkylation sites (N-methyl/N-ethyl adjacent to an activating group) is 1. The Labute approximate surface area is 138 Å². The summed E-state index contributed by atoms with van der Waals surface area (Å²) in [5, 5.41) is 16.0. The molecule has 24 heavy (non-hydrogen) atoms. The molecule has 8 nitrogen and oxygen atoms in total. The maximum Gasteiger partial charge on any atom is 0.358 e. The van der Waals surface area contributed by atoms with Gasteiger partial charge in [0.25, 0.3) is 0 Å². The Morgan fingerprint density at radius 1 is 1.38 bits per heavy atom. The zero-order valence-corrected chi connectivity index (χ0v) is 13.5. The lowest BCUT2D eigenvalue weighted by molar-refractivity contribution is 0.0690. The van der Waals surface area contributed by atoms with Crippen molar-refractivity contribution in [1.82, 2.24) is 19.9 Å². The molecule has 1 aliphatic rings. The quantitative estimate of drug-likeness (QED) is 0.802. The van der Waals surface area contributed by atoms with Crippen molar-refractivity contribution in [3.8, 4) is 5.69 Å². The van der Waals surface area contributed by atoms with Crippen molar-refractivity contribution in [2.24, 2.45) is 0 Å². The van der Waals surface area contributed by atoms with E-state index in [9.17, 15) is 9.18 Å². The highest BCUT2D eigenvalue weighted by molar-refractivity contribution is 5.84. The summed E-state index contributed by atoms with van der Waals surface area (Å²) in [7, 11) is 2.06. The largest absolute Gasteiger partial charge is 0.476 e. The maximum absolute atomic E-state index is 14.5. The van der Waals surface area contributed by atoms with Gasteiger partial charge in [-0.1, -0.05) is 5.21 Å². The number of halogens is 1. The van der Waals surface area contributed by atoms with E-state index in [1.165, 1.54) is 12.1 Å². The Morgan fingerprint density at radius 2 is 2.12 bits per heavy atom. The third-order valence-corrected chi connectivity index (χ3v) is 4.36. The minimum atomic E-state index is -1.22. The molecule has 0 aliphatic carbocycles. The molecule has 0 radical (unpaired) electrons. The summed E-state index contributed by atoms with van der Waals surface area (Å²) < 4.78 is 15.6. The Balaban J connectivity index is 1.92. The fourth-order valence-electron chi connectivity index (χ4n) is 2.76.